The standard InChI is InChI=1S/C16H17N3O.ClH/c1-11-6-4-5-9-19(11)16-15-14(17-10-18-16)12-7-2-3-8-13(12)20-15;/h2-3,7-8,10-11H,4-6,9H2,1H3;1H. The summed E-state index contributed by atoms with van der Waals surface area (Å²) in [6.07, 6.45) is 5.38. The van der Waals surface area contributed by atoms with Crippen LogP contribution in [0.5, 0.6) is 0 Å². The molecule has 1 saturated heterocycles. The Balaban J connectivity index is 0.00000132. The lowest BCUT2D eigenvalue weighted by Gasteiger charge is -2.34. The fourth-order valence-corrected chi connectivity index (χ4v) is 3.13. The number of nitrogens with zero attached hydrogens (tertiary/aromatic N) is 3. The lowest BCUT2D eigenvalue weighted by Crippen LogP contribution is -2.38. The average Bonchev–Trinajstić information content (AvgIpc) is 2.86. The summed E-state index contributed by atoms with van der Waals surface area (Å²) in [5.41, 5.74) is 2.62. The fraction of sp³-hybridized carbons (Fsp3) is 0.375. The molecule has 4 nitrogen and oxygen atoms in total. The first-order valence-electron chi connectivity index (χ1n) is 7.23. The Labute approximate surface area is 129 Å². The summed E-state index contributed by atoms with van der Waals surface area (Å²) in [6.45, 7) is 3.31. The van der Waals surface area contributed by atoms with E-state index in [9.17, 15) is 0 Å². The zero-order chi connectivity index (χ0) is 13.5. The molecule has 2 aromatic heterocycles. The number of rotatable bonds is 1. The predicted molar refractivity (Wildman–Crippen MR) is 87.2 cm³/mol. The van der Waals surface area contributed by atoms with Gasteiger partial charge in [-0.25, -0.2) is 9.97 Å². The number of furan rings is 1. The molecule has 1 aliphatic heterocycles. The Kier molecular flexibility index (Phi) is 3.72. The zero-order valence-electron chi connectivity index (χ0n) is 12.0. The maximum Gasteiger partial charge on any atom is 0.196 e. The largest absolute Gasteiger partial charge is 0.450 e. The Bertz CT molecular complexity index is 770. The molecule has 0 bridgehead atoms. The van der Waals surface area contributed by atoms with Crippen LogP contribution in [0.1, 0.15) is 26.2 Å². The first-order chi connectivity index (χ1) is 9.84. The molecule has 0 radical (unpaired) electrons. The molecule has 1 aliphatic rings. The van der Waals surface area contributed by atoms with Crippen molar-refractivity contribution in [1.29, 1.82) is 0 Å². The van der Waals surface area contributed by atoms with Crippen LogP contribution in [0.4, 0.5) is 5.82 Å². The van der Waals surface area contributed by atoms with Gasteiger partial charge in [0.15, 0.2) is 11.4 Å². The highest BCUT2D eigenvalue weighted by Gasteiger charge is 2.24. The molecule has 3 heterocycles. The molecule has 0 spiro atoms. The van der Waals surface area contributed by atoms with Gasteiger partial charge in [0.05, 0.1) is 0 Å². The lowest BCUT2D eigenvalue weighted by molar-refractivity contribution is 0.479. The van der Waals surface area contributed by atoms with Gasteiger partial charge in [-0.15, -0.1) is 12.4 Å². The molecule has 5 heteroatoms. The Hall–Kier alpha value is -1.81. The van der Waals surface area contributed by atoms with Crippen LogP contribution < -0.4 is 4.90 Å². The molecule has 1 atom stereocenters. The Morgan fingerprint density at radius 2 is 2.05 bits per heavy atom. The molecule has 0 amide bonds. The van der Waals surface area contributed by atoms with Gasteiger partial charge in [0.2, 0.25) is 0 Å². The van der Waals surface area contributed by atoms with Crippen LogP contribution in [0, 0.1) is 0 Å². The number of fused-ring (bicyclic) bond motifs is 3. The minimum absolute atomic E-state index is 0. The van der Waals surface area contributed by atoms with Gasteiger partial charge < -0.3 is 9.32 Å². The molecule has 0 aliphatic carbocycles. The number of benzene rings is 1. The van der Waals surface area contributed by atoms with Crippen LogP contribution in [0.25, 0.3) is 22.1 Å². The maximum absolute atomic E-state index is 6.02. The minimum atomic E-state index is 0. The van der Waals surface area contributed by atoms with Gasteiger partial charge in [-0.3, -0.25) is 0 Å². The van der Waals surface area contributed by atoms with Gasteiger partial charge in [-0.1, -0.05) is 12.1 Å². The molecule has 3 aromatic rings. The van der Waals surface area contributed by atoms with Crippen molar-refractivity contribution in [3.63, 3.8) is 0 Å². The van der Waals surface area contributed by atoms with Gasteiger partial charge in [-0.05, 0) is 38.3 Å². The molecular formula is C16H18ClN3O. The third kappa shape index (κ3) is 2.23. The van der Waals surface area contributed by atoms with E-state index < -0.39 is 0 Å². The van der Waals surface area contributed by atoms with E-state index >= 15 is 0 Å². The molecule has 1 unspecified atom stereocenters. The van der Waals surface area contributed by atoms with Crippen molar-refractivity contribution in [3.05, 3.63) is 30.6 Å². The number of hydrogen-bond donors (Lipinski definition) is 0. The molecular weight excluding hydrogens is 286 g/mol. The van der Waals surface area contributed by atoms with Crippen molar-refractivity contribution >= 4 is 40.3 Å². The van der Waals surface area contributed by atoms with Crippen LogP contribution in [0.15, 0.2) is 35.0 Å². The van der Waals surface area contributed by atoms with E-state index in [2.05, 4.69) is 27.9 Å². The molecule has 21 heavy (non-hydrogen) atoms. The van der Waals surface area contributed by atoms with Gasteiger partial charge in [0, 0.05) is 18.0 Å². The van der Waals surface area contributed by atoms with E-state index in [4.69, 9.17) is 4.42 Å². The van der Waals surface area contributed by atoms with E-state index in [-0.39, 0.29) is 12.4 Å². The van der Waals surface area contributed by atoms with Crippen LogP contribution in [-0.2, 0) is 0 Å². The summed E-state index contributed by atoms with van der Waals surface area (Å²) in [7, 11) is 0. The summed E-state index contributed by atoms with van der Waals surface area (Å²) < 4.78 is 6.02. The predicted octanol–water partition coefficient (Wildman–Crippen LogP) is 4.18. The SMILES string of the molecule is CC1CCCCN1c1ncnc2c1oc1ccccc12.Cl. The second-order valence-corrected chi connectivity index (χ2v) is 5.51. The van der Waals surface area contributed by atoms with E-state index in [1.54, 1.807) is 6.33 Å². The second-order valence-electron chi connectivity index (χ2n) is 5.51. The third-order valence-corrected chi connectivity index (χ3v) is 4.21. The molecule has 0 N–H and O–H groups in total. The number of para-hydroxylation sites is 1. The highest BCUT2D eigenvalue weighted by atomic mass is 35.5. The van der Waals surface area contributed by atoms with Crippen molar-refractivity contribution in [3.8, 4) is 0 Å². The average molecular weight is 304 g/mol. The molecule has 110 valence electrons. The summed E-state index contributed by atoms with van der Waals surface area (Å²) in [5, 5.41) is 1.07. The van der Waals surface area contributed by atoms with E-state index in [1.807, 2.05) is 18.2 Å². The zero-order valence-corrected chi connectivity index (χ0v) is 12.8. The number of anilines is 1. The molecule has 1 fully saturated rings. The summed E-state index contributed by atoms with van der Waals surface area (Å²) in [6, 6.07) is 8.55. The first-order valence-corrected chi connectivity index (χ1v) is 7.23. The highest BCUT2D eigenvalue weighted by Crippen LogP contribution is 2.34. The summed E-state index contributed by atoms with van der Waals surface area (Å²) >= 11 is 0. The van der Waals surface area contributed by atoms with Crippen molar-refractivity contribution in [1.82, 2.24) is 9.97 Å². The van der Waals surface area contributed by atoms with Crippen LogP contribution in [-0.4, -0.2) is 22.6 Å². The topological polar surface area (TPSA) is 42.2 Å². The van der Waals surface area contributed by atoms with Crippen LogP contribution in [0.3, 0.4) is 0 Å². The Morgan fingerprint density at radius 3 is 2.90 bits per heavy atom. The van der Waals surface area contributed by atoms with Gasteiger partial charge in [0.1, 0.15) is 17.4 Å². The van der Waals surface area contributed by atoms with Gasteiger partial charge in [0.25, 0.3) is 0 Å². The normalized spacial score (nSPS) is 18.9. The molecule has 0 saturated carbocycles. The van der Waals surface area contributed by atoms with Crippen LogP contribution in [0.2, 0.25) is 0 Å². The number of hydrogen-bond acceptors (Lipinski definition) is 4. The Morgan fingerprint density at radius 1 is 1.19 bits per heavy atom. The molecule has 1 aromatic carbocycles. The van der Waals surface area contributed by atoms with Crippen molar-refractivity contribution in [2.45, 2.75) is 32.2 Å². The fourth-order valence-electron chi connectivity index (χ4n) is 3.13. The number of halogens is 1. The summed E-state index contributed by atoms with van der Waals surface area (Å²) in [5.74, 6) is 0.943. The minimum Gasteiger partial charge on any atom is -0.450 e. The van der Waals surface area contributed by atoms with Crippen LogP contribution >= 0.6 is 12.4 Å². The van der Waals surface area contributed by atoms with E-state index in [0.717, 1.165) is 34.4 Å². The third-order valence-electron chi connectivity index (χ3n) is 4.21. The van der Waals surface area contributed by atoms with Gasteiger partial charge in [-0.2, -0.15) is 0 Å². The first kappa shape index (κ1) is 14.1. The summed E-state index contributed by atoms with van der Waals surface area (Å²) in [4.78, 5) is 11.3. The molecule has 4 rings (SSSR count). The van der Waals surface area contributed by atoms with E-state index in [0.29, 0.717) is 6.04 Å². The number of aromatic nitrogens is 2. The quantitative estimate of drug-likeness (QED) is 0.676. The maximum atomic E-state index is 6.02. The van der Waals surface area contributed by atoms with Crippen molar-refractivity contribution in [2.24, 2.45) is 0 Å². The van der Waals surface area contributed by atoms with Crippen molar-refractivity contribution in [2.75, 3.05) is 11.4 Å². The smallest absolute Gasteiger partial charge is 0.196 e. The van der Waals surface area contributed by atoms with E-state index in [1.165, 1.54) is 19.3 Å². The highest BCUT2D eigenvalue weighted by molar-refractivity contribution is 6.05. The lowest BCUT2D eigenvalue weighted by atomic mass is 10.0. The monoisotopic (exact) mass is 303 g/mol. The van der Waals surface area contributed by atoms with Crippen molar-refractivity contribution < 1.29 is 4.42 Å². The van der Waals surface area contributed by atoms with Gasteiger partial charge >= 0.3 is 0 Å². The second kappa shape index (κ2) is 5.53. The number of piperidine rings is 1.